The number of para-hydroxylation sites is 1. The fraction of sp³-hybridized carbons (Fsp3) is 0.133. The Labute approximate surface area is 116 Å². The number of aliphatic carboxylic acids is 1. The molecule has 2 rings (SSSR count). The van der Waals surface area contributed by atoms with Crippen LogP contribution in [0.2, 0.25) is 0 Å². The second-order valence-corrected chi connectivity index (χ2v) is 4.84. The Morgan fingerprint density at radius 3 is 2.47 bits per heavy atom. The number of hydrogen-bond acceptors (Lipinski definition) is 3. The fourth-order valence-electron chi connectivity index (χ4n) is 1.68. The van der Waals surface area contributed by atoms with Crippen molar-refractivity contribution < 1.29 is 14.6 Å². The molecule has 3 nitrogen and oxygen atoms in total. The SMILES string of the molecule is CSc1ccc(Oc2ccccc2CC(=O)O)cc1. The average molecular weight is 274 g/mol. The maximum atomic E-state index is 10.8. The van der Waals surface area contributed by atoms with Gasteiger partial charge in [-0.05, 0) is 36.6 Å². The van der Waals surface area contributed by atoms with Crippen LogP contribution in [0.15, 0.2) is 53.4 Å². The highest BCUT2D eigenvalue weighted by molar-refractivity contribution is 7.98. The molecule has 0 atom stereocenters. The Bertz CT molecular complexity index is 564. The molecular formula is C15H14O3S. The topological polar surface area (TPSA) is 46.5 Å². The second-order valence-electron chi connectivity index (χ2n) is 3.96. The molecule has 0 amide bonds. The van der Waals surface area contributed by atoms with Crippen LogP contribution < -0.4 is 4.74 Å². The van der Waals surface area contributed by atoms with Crippen molar-refractivity contribution in [3.8, 4) is 11.5 Å². The van der Waals surface area contributed by atoms with E-state index in [2.05, 4.69) is 0 Å². The van der Waals surface area contributed by atoms with E-state index in [0.717, 1.165) is 4.90 Å². The lowest BCUT2D eigenvalue weighted by molar-refractivity contribution is -0.136. The van der Waals surface area contributed by atoms with Gasteiger partial charge in [-0.25, -0.2) is 0 Å². The monoisotopic (exact) mass is 274 g/mol. The molecule has 0 saturated heterocycles. The van der Waals surface area contributed by atoms with Crippen molar-refractivity contribution in [2.45, 2.75) is 11.3 Å². The number of carboxylic acid groups (broad SMARTS) is 1. The van der Waals surface area contributed by atoms with E-state index in [9.17, 15) is 4.79 Å². The first-order valence-electron chi connectivity index (χ1n) is 5.80. The molecule has 0 saturated carbocycles. The molecule has 0 spiro atoms. The zero-order chi connectivity index (χ0) is 13.7. The Morgan fingerprint density at radius 2 is 1.84 bits per heavy atom. The molecule has 0 aliphatic rings. The van der Waals surface area contributed by atoms with Gasteiger partial charge in [-0.1, -0.05) is 18.2 Å². The van der Waals surface area contributed by atoms with Crippen LogP contribution in [-0.2, 0) is 11.2 Å². The van der Waals surface area contributed by atoms with E-state index in [4.69, 9.17) is 9.84 Å². The van der Waals surface area contributed by atoms with Gasteiger partial charge in [0.25, 0.3) is 0 Å². The Morgan fingerprint density at radius 1 is 1.16 bits per heavy atom. The normalized spacial score (nSPS) is 10.2. The molecule has 0 heterocycles. The van der Waals surface area contributed by atoms with Gasteiger partial charge in [0.15, 0.2) is 0 Å². The molecule has 4 heteroatoms. The van der Waals surface area contributed by atoms with Crippen LogP contribution in [0.1, 0.15) is 5.56 Å². The maximum Gasteiger partial charge on any atom is 0.307 e. The van der Waals surface area contributed by atoms with Crippen LogP contribution in [0, 0.1) is 0 Å². The van der Waals surface area contributed by atoms with Crippen molar-refractivity contribution in [2.24, 2.45) is 0 Å². The molecule has 0 aromatic heterocycles. The Hall–Kier alpha value is -1.94. The lowest BCUT2D eigenvalue weighted by Crippen LogP contribution is -2.01. The van der Waals surface area contributed by atoms with Crippen molar-refractivity contribution in [3.05, 3.63) is 54.1 Å². The number of carbonyl (C=O) groups is 1. The van der Waals surface area contributed by atoms with Gasteiger partial charge >= 0.3 is 5.97 Å². The number of carboxylic acids is 1. The summed E-state index contributed by atoms with van der Waals surface area (Å²) in [5.74, 6) is 0.422. The summed E-state index contributed by atoms with van der Waals surface area (Å²) in [6, 6.07) is 14.9. The molecule has 0 fully saturated rings. The average Bonchev–Trinajstić information content (AvgIpc) is 2.41. The lowest BCUT2D eigenvalue weighted by atomic mass is 10.1. The molecule has 0 radical (unpaired) electrons. The first-order valence-corrected chi connectivity index (χ1v) is 7.03. The fourth-order valence-corrected chi connectivity index (χ4v) is 2.09. The van der Waals surface area contributed by atoms with E-state index in [1.165, 1.54) is 0 Å². The molecule has 19 heavy (non-hydrogen) atoms. The summed E-state index contributed by atoms with van der Waals surface area (Å²) < 4.78 is 5.74. The molecule has 1 N–H and O–H groups in total. The quantitative estimate of drug-likeness (QED) is 0.842. The number of ether oxygens (including phenoxy) is 1. The van der Waals surface area contributed by atoms with E-state index in [0.29, 0.717) is 17.1 Å². The summed E-state index contributed by atoms with van der Waals surface area (Å²) >= 11 is 1.66. The summed E-state index contributed by atoms with van der Waals surface area (Å²) in [4.78, 5) is 12.0. The molecule has 98 valence electrons. The van der Waals surface area contributed by atoms with Crippen molar-refractivity contribution in [2.75, 3.05) is 6.26 Å². The zero-order valence-corrected chi connectivity index (χ0v) is 11.3. The first kappa shape index (κ1) is 13.5. The van der Waals surface area contributed by atoms with Gasteiger partial charge in [-0.15, -0.1) is 11.8 Å². The van der Waals surface area contributed by atoms with Crippen LogP contribution in [0.3, 0.4) is 0 Å². The highest BCUT2D eigenvalue weighted by atomic mass is 32.2. The lowest BCUT2D eigenvalue weighted by Gasteiger charge is -2.10. The van der Waals surface area contributed by atoms with Crippen LogP contribution in [0.25, 0.3) is 0 Å². The number of thioether (sulfide) groups is 1. The minimum atomic E-state index is -0.867. The minimum absolute atomic E-state index is 0.0426. The van der Waals surface area contributed by atoms with Crippen molar-refractivity contribution in [1.29, 1.82) is 0 Å². The van der Waals surface area contributed by atoms with Gasteiger partial charge in [-0.3, -0.25) is 4.79 Å². The summed E-state index contributed by atoms with van der Waals surface area (Å²) in [7, 11) is 0. The van der Waals surface area contributed by atoms with Crippen LogP contribution >= 0.6 is 11.8 Å². The summed E-state index contributed by atoms with van der Waals surface area (Å²) in [6.07, 6.45) is 1.97. The standard InChI is InChI=1S/C15H14O3S/c1-19-13-8-6-12(7-9-13)18-14-5-3-2-4-11(14)10-15(16)17/h2-9H,10H2,1H3,(H,16,17). The Balaban J connectivity index is 2.19. The second kappa shape index (κ2) is 6.29. The third-order valence-electron chi connectivity index (χ3n) is 2.60. The van der Waals surface area contributed by atoms with Gasteiger partial charge in [0, 0.05) is 10.5 Å². The Kier molecular flexibility index (Phi) is 4.47. The van der Waals surface area contributed by atoms with Gasteiger partial charge in [0.1, 0.15) is 11.5 Å². The molecular weight excluding hydrogens is 260 g/mol. The number of rotatable bonds is 5. The van der Waals surface area contributed by atoms with Crippen LogP contribution in [-0.4, -0.2) is 17.3 Å². The smallest absolute Gasteiger partial charge is 0.307 e. The van der Waals surface area contributed by atoms with Crippen LogP contribution in [0.4, 0.5) is 0 Å². The zero-order valence-electron chi connectivity index (χ0n) is 10.5. The maximum absolute atomic E-state index is 10.8. The molecule has 2 aromatic carbocycles. The largest absolute Gasteiger partial charge is 0.481 e. The van der Waals surface area contributed by atoms with Crippen molar-refractivity contribution >= 4 is 17.7 Å². The third-order valence-corrected chi connectivity index (χ3v) is 3.35. The van der Waals surface area contributed by atoms with E-state index >= 15 is 0 Å². The van der Waals surface area contributed by atoms with Crippen molar-refractivity contribution in [1.82, 2.24) is 0 Å². The van der Waals surface area contributed by atoms with Crippen LogP contribution in [0.5, 0.6) is 11.5 Å². The molecule has 0 aliphatic heterocycles. The van der Waals surface area contributed by atoms with Gasteiger partial charge in [0.05, 0.1) is 6.42 Å². The summed E-state index contributed by atoms with van der Waals surface area (Å²) in [5, 5.41) is 8.87. The summed E-state index contributed by atoms with van der Waals surface area (Å²) in [6.45, 7) is 0. The molecule has 0 bridgehead atoms. The van der Waals surface area contributed by atoms with E-state index in [-0.39, 0.29) is 6.42 Å². The highest BCUT2D eigenvalue weighted by Crippen LogP contribution is 2.27. The highest BCUT2D eigenvalue weighted by Gasteiger charge is 2.08. The van der Waals surface area contributed by atoms with Gasteiger partial charge in [0.2, 0.25) is 0 Å². The predicted molar refractivity (Wildman–Crippen MR) is 76.1 cm³/mol. The van der Waals surface area contributed by atoms with E-state index in [1.807, 2.05) is 42.7 Å². The number of hydrogen-bond donors (Lipinski definition) is 1. The predicted octanol–water partition coefficient (Wildman–Crippen LogP) is 3.83. The minimum Gasteiger partial charge on any atom is -0.481 e. The summed E-state index contributed by atoms with van der Waals surface area (Å²) in [5.41, 5.74) is 0.670. The first-order chi connectivity index (χ1) is 9.19. The molecule has 0 unspecified atom stereocenters. The van der Waals surface area contributed by atoms with E-state index < -0.39 is 5.97 Å². The number of benzene rings is 2. The van der Waals surface area contributed by atoms with Gasteiger partial charge in [-0.2, -0.15) is 0 Å². The van der Waals surface area contributed by atoms with Crippen molar-refractivity contribution in [3.63, 3.8) is 0 Å². The third kappa shape index (κ3) is 3.76. The molecule has 0 aliphatic carbocycles. The van der Waals surface area contributed by atoms with E-state index in [1.54, 1.807) is 23.9 Å². The molecule has 2 aromatic rings. The van der Waals surface area contributed by atoms with Gasteiger partial charge < -0.3 is 9.84 Å².